The number of hydrogen-bond donors (Lipinski definition) is 3. The van der Waals surface area contributed by atoms with Crippen LogP contribution in [0.25, 0.3) is 0 Å². The zero-order chi connectivity index (χ0) is 12.1. The maximum absolute atomic E-state index is 11.1. The van der Waals surface area contributed by atoms with Crippen LogP contribution in [-0.2, 0) is 0 Å². The molecule has 0 aliphatic rings. The molecule has 0 aliphatic heterocycles. The summed E-state index contributed by atoms with van der Waals surface area (Å²) < 4.78 is 0. The summed E-state index contributed by atoms with van der Waals surface area (Å²) in [6.07, 6.45) is -1.23. The van der Waals surface area contributed by atoms with Gasteiger partial charge in [-0.2, -0.15) is 0 Å². The highest BCUT2D eigenvalue weighted by molar-refractivity contribution is 7.14. The molecule has 0 aromatic carbocycles. The molecule has 3 N–H and O–H groups in total. The van der Waals surface area contributed by atoms with E-state index in [1.807, 2.05) is 0 Å². The number of carbonyl (C=O) groups is 1. The van der Waals surface area contributed by atoms with Crippen LogP contribution in [0.4, 0.5) is 0 Å². The molecule has 0 bridgehead atoms. The first-order valence-corrected chi connectivity index (χ1v) is 5.99. The predicted octanol–water partition coefficient (Wildman–Crippen LogP) is 0.955. The van der Waals surface area contributed by atoms with Gasteiger partial charge in [-0.05, 0) is 39.1 Å². The normalized spacial score (nSPS) is 14.8. The molecule has 0 saturated heterocycles. The van der Waals surface area contributed by atoms with E-state index in [9.17, 15) is 15.0 Å². The minimum Gasteiger partial charge on any atom is -0.390 e. The van der Waals surface area contributed by atoms with Gasteiger partial charge < -0.3 is 15.5 Å². The quantitative estimate of drug-likeness (QED) is 0.651. The first kappa shape index (κ1) is 13.3. The molecule has 0 aliphatic carbocycles. The lowest BCUT2D eigenvalue weighted by atomic mass is 10.1. The Morgan fingerprint density at radius 2 is 2.19 bits per heavy atom. The summed E-state index contributed by atoms with van der Waals surface area (Å²) in [5.41, 5.74) is 0. The number of aliphatic hydroxyl groups excluding tert-OH is 2. The van der Waals surface area contributed by atoms with Crippen molar-refractivity contribution in [2.45, 2.75) is 25.6 Å². The van der Waals surface area contributed by atoms with E-state index in [1.165, 1.54) is 18.3 Å². The third-order valence-corrected chi connectivity index (χ3v) is 3.58. The molecule has 90 valence electrons. The molecule has 1 aromatic rings. The Hall–Kier alpha value is -0.750. The number of nitrogens with one attached hydrogen (secondary N) is 1. The topological polar surface area (TPSA) is 69.6 Å². The minimum atomic E-state index is -0.911. The zero-order valence-electron chi connectivity index (χ0n) is 9.43. The van der Waals surface area contributed by atoms with Crippen LogP contribution in [0.15, 0.2) is 12.1 Å². The van der Waals surface area contributed by atoms with E-state index in [4.69, 9.17) is 0 Å². The smallest absolute Gasteiger partial charge is 0.169 e. The predicted molar refractivity (Wildman–Crippen MR) is 63.8 cm³/mol. The van der Waals surface area contributed by atoms with Crippen LogP contribution in [0.3, 0.4) is 0 Å². The maximum atomic E-state index is 11.1. The van der Waals surface area contributed by atoms with Crippen molar-refractivity contribution in [1.29, 1.82) is 0 Å². The second-order valence-corrected chi connectivity index (χ2v) is 4.78. The minimum absolute atomic E-state index is 0.0202. The fraction of sp³-hybridized carbons (Fsp3) is 0.545. The Bertz CT molecular complexity index is 351. The van der Waals surface area contributed by atoms with Crippen molar-refractivity contribution in [1.82, 2.24) is 5.32 Å². The van der Waals surface area contributed by atoms with Crippen molar-refractivity contribution < 1.29 is 15.0 Å². The van der Waals surface area contributed by atoms with Crippen LogP contribution < -0.4 is 5.32 Å². The summed E-state index contributed by atoms with van der Waals surface area (Å²) in [7, 11) is 1.79. The average molecular weight is 243 g/mol. The van der Waals surface area contributed by atoms with Gasteiger partial charge in [0.05, 0.1) is 11.0 Å². The largest absolute Gasteiger partial charge is 0.390 e. The number of thiophene rings is 1. The Balaban J connectivity index is 2.64. The van der Waals surface area contributed by atoms with Crippen molar-refractivity contribution in [2.75, 3.05) is 13.6 Å². The van der Waals surface area contributed by atoms with E-state index >= 15 is 0 Å². The number of aliphatic hydroxyl groups is 2. The molecule has 0 radical (unpaired) electrons. The van der Waals surface area contributed by atoms with Crippen LogP contribution in [0.2, 0.25) is 0 Å². The second kappa shape index (κ2) is 6.10. The molecular formula is C11H17NO3S. The van der Waals surface area contributed by atoms with E-state index in [-0.39, 0.29) is 5.78 Å². The first-order chi connectivity index (χ1) is 7.56. The molecule has 1 heterocycles. The number of carbonyl (C=O) groups excluding carboxylic acids is 1. The molecule has 1 rings (SSSR count). The Morgan fingerprint density at radius 1 is 1.50 bits per heavy atom. The van der Waals surface area contributed by atoms with Gasteiger partial charge in [0.2, 0.25) is 0 Å². The van der Waals surface area contributed by atoms with Crippen LogP contribution in [0.5, 0.6) is 0 Å². The molecule has 5 heteroatoms. The highest BCUT2D eigenvalue weighted by Crippen LogP contribution is 2.26. The summed E-state index contributed by atoms with van der Waals surface area (Å²) in [5, 5.41) is 22.4. The van der Waals surface area contributed by atoms with Gasteiger partial charge in [0.1, 0.15) is 6.10 Å². The van der Waals surface area contributed by atoms with Crippen LogP contribution in [-0.4, -0.2) is 35.7 Å². The van der Waals surface area contributed by atoms with Gasteiger partial charge >= 0.3 is 0 Å². The van der Waals surface area contributed by atoms with Crippen molar-refractivity contribution in [2.24, 2.45) is 0 Å². The molecule has 16 heavy (non-hydrogen) atoms. The standard InChI is InChI=1S/C11H17NO3S/c1-7(13)9-3-4-10(16-9)11(15)8(14)5-6-12-2/h3-4,8,11-12,14-15H,5-6H2,1-2H3. The van der Waals surface area contributed by atoms with Crippen LogP contribution >= 0.6 is 11.3 Å². The number of rotatable bonds is 6. The molecule has 2 atom stereocenters. The third kappa shape index (κ3) is 3.38. The SMILES string of the molecule is CNCCC(O)C(O)c1ccc(C(C)=O)s1. The van der Waals surface area contributed by atoms with Crippen LogP contribution in [0, 0.1) is 0 Å². The second-order valence-electron chi connectivity index (χ2n) is 3.66. The van der Waals surface area contributed by atoms with E-state index in [2.05, 4.69) is 5.32 Å². The number of ketones is 1. The summed E-state index contributed by atoms with van der Waals surface area (Å²) in [5.74, 6) is -0.0202. The Kier molecular flexibility index (Phi) is 5.08. The number of hydrogen-bond acceptors (Lipinski definition) is 5. The highest BCUT2D eigenvalue weighted by Gasteiger charge is 2.20. The van der Waals surface area contributed by atoms with Gasteiger partial charge in [0.25, 0.3) is 0 Å². The lowest BCUT2D eigenvalue weighted by molar-refractivity contribution is 0.0161. The molecule has 0 amide bonds. The van der Waals surface area contributed by atoms with Gasteiger partial charge in [0.15, 0.2) is 5.78 Å². The maximum Gasteiger partial charge on any atom is 0.169 e. The van der Waals surface area contributed by atoms with Crippen molar-refractivity contribution in [3.05, 3.63) is 21.9 Å². The summed E-state index contributed by atoms with van der Waals surface area (Å²) in [4.78, 5) is 12.3. The van der Waals surface area contributed by atoms with E-state index in [1.54, 1.807) is 19.2 Å². The summed E-state index contributed by atoms with van der Waals surface area (Å²) in [6.45, 7) is 2.13. The first-order valence-electron chi connectivity index (χ1n) is 5.17. The molecule has 0 saturated carbocycles. The van der Waals surface area contributed by atoms with Crippen molar-refractivity contribution in [3.63, 3.8) is 0 Å². The van der Waals surface area contributed by atoms with Crippen molar-refractivity contribution >= 4 is 17.1 Å². The van der Waals surface area contributed by atoms with Gasteiger partial charge in [-0.25, -0.2) is 0 Å². The van der Waals surface area contributed by atoms with E-state index < -0.39 is 12.2 Å². The third-order valence-electron chi connectivity index (χ3n) is 2.32. The summed E-state index contributed by atoms with van der Waals surface area (Å²) in [6, 6.07) is 3.37. The van der Waals surface area contributed by atoms with E-state index in [0.29, 0.717) is 22.7 Å². The fourth-order valence-electron chi connectivity index (χ4n) is 1.34. The van der Waals surface area contributed by atoms with Crippen LogP contribution in [0.1, 0.15) is 34.0 Å². The lowest BCUT2D eigenvalue weighted by Gasteiger charge is -2.16. The van der Waals surface area contributed by atoms with E-state index in [0.717, 1.165) is 0 Å². The van der Waals surface area contributed by atoms with Crippen molar-refractivity contribution in [3.8, 4) is 0 Å². The molecule has 0 fully saturated rings. The molecule has 1 aromatic heterocycles. The fourth-order valence-corrected chi connectivity index (χ4v) is 2.29. The average Bonchev–Trinajstić information content (AvgIpc) is 2.74. The van der Waals surface area contributed by atoms with Gasteiger partial charge in [-0.1, -0.05) is 0 Å². The summed E-state index contributed by atoms with van der Waals surface area (Å²) >= 11 is 1.23. The molecule has 2 unspecified atom stereocenters. The van der Waals surface area contributed by atoms with Gasteiger partial charge in [-0.15, -0.1) is 11.3 Å². The molecule has 4 nitrogen and oxygen atoms in total. The van der Waals surface area contributed by atoms with Gasteiger partial charge in [0, 0.05) is 4.88 Å². The number of Topliss-reactive ketones (excluding diaryl/α,β-unsaturated/α-hetero) is 1. The Labute approximate surface area is 98.9 Å². The lowest BCUT2D eigenvalue weighted by Crippen LogP contribution is -2.22. The molecular weight excluding hydrogens is 226 g/mol. The zero-order valence-corrected chi connectivity index (χ0v) is 10.3. The highest BCUT2D eigenvalue weighted by atomic mass is 32.1. The monoisotopic (exact) mass is 243 g/mol. The molecule has 0 spiro atoms. The van der Waals surface area contributed by atoms with Gasteiger partial charge in [-0.3, -0.25) is 4.79 Å². The Morgan fingerprint density at radius 3 is 2.69 bits per heavy atom.